The molecule has 0 aliphatic heterocycles. The Hall–Kier alpha value is -3.19. The third-order valence-electron chi connectivity index (χ3n) is 4.46. The van der Waals surface area contributed by atoms with Crippen LogP contribution < -0.4 is 5.32 Å². The van der Waals surface area contributed by atoms with E-state index >= 15 is 0 Å². The number of halogens is 1. The number of para-hydroxylation sites is 1. The molecule has 3 nitrogen and oxygen atoms in total. The van der Waals surface area contributed by atoms with Crippen molar-refractivity contribution in [2.24, 2.45) is 5.41 Å². The van der Waals surface area contributed by atoms with Crippen LogP contribution in [0.15, 0.2) is 48.5 Å². The van der Waals surface area contributed by atoms with Gasteiger partial charge in [-0.05, 0) is 51.5 Å². The van der Waals surface area contributed by atoms with Crippen LogP contribution in [0.25, 0.3) is 10.9 Å². The maximum atomic E-state index is 13.9. The van der Waals surface area contributed by atoms with E-state index in [-0.39, 0.29) is 11.7 Å². The molecule has 4 heteroatoms. The Morgan fingerprint density at radius 3 is 2.59 bits per heavy atom. The molecule has 3 rings (SSSR count). The first-order chi connectivity index (χ1) is 12.8. The number of anilines is 1. The molecule has 1 N–H and O–H groups in total. The molecule has 3 aromatic rings. The molecule has 1 amide bonds. The number of hydrogen-bond donors (Lipinski definition) is 1. The zero-order valence-electron chi connectivity index (χ0n) is 15.9. The maximum absolute atomic E-state index is 13.9. The third kappa shape index (κ3) is 3.98. The van der Waals surface area contributed by atoms with Gasteiger partial charge in [0.05, 0.1) is 11.4 Å². The van der Waals surface area contributed by atoms with Crippen molar-refractivity contribution in [3.63, 3.8) is 0 Å². The molecule has 0 radical (unpaired) electrons. The van der Waals surface area contributed by atoms with Gasteiger partial charge in [-0.1, -0.05) is 42.2 Å². The molecular formula is C23H21FN2O. The summed E-state index contributed by atoms with van der Waals surface area (Å²) in [6, 6.07) is 14.3. The van der Waals surface area contributed by atoms with Crippen molar-refractivity contribution in [3.8, 4) is 11.8 Å². The number of hydrogen-bond acceptors (Lipinski definition) is 2. The van der Waals surface area contributed by atoms with E-state index < -0.39 is 5.41 Å². The SMILES string of the molecule is Cc1ccccc1C#CC(C)(C)C(=O)Nc1cc2cccc(F)c2nc1C. The Morgan fingerprint density at radius 1 is 1.11 bits per heavy atom. The molecule has 1 aromatic heterocycles. The summed E-state index contributed by atoms with van der Waals surface area (Å²) in [5, 5.41) is 3.53. The number of nitrogens with zero attached hydrogens (tertiary/aromatic N) is 1. The van der Waals surface area contributed by atoms with Crippen LogP contribution in [0.4, 0.5) is 10.1 Å². The van der Waals surface area contributed by atoms with Crippen LogP contribution in [0.1, 0.15) is 30.7 Å². The Bertz CT molecular complexity index is 1090. The fourth-order valence-electron chi connectivity index (χ4n) is 2.65. The van der Waals surface area contributed by atoms with Gasteiger partial charge in [0.2, 0.25) is 5.91 Å². The lowest BCUT2D eigenvalue weighted by atomic mass is 9.92. The number of carbonyl (C=O) groups excluding carboxylic acids is 1. The summed E-state index contributed by atoms with van der Waals surface area (Å²) in [6.07, 6.45) is 0. The largest absolute Gasteiger partial charge is 0.323 e. The molecule has 136 valence electrons. The number of carbonyl (C=O) groups is 1. The highest BCUT2D eigenvalue weighted by Crippen LogP contribution is 2.25. The second-order valence-electron chi connectivity index (χ2n) is 7.08. The molecule has 0 saturated carbocycles. The standard InChI is InChI=1S/C23H21FN2O/c1-15-8-5-6-9-17(15)12-13-23(3,4)22(27)26-20-14-18-10-7-11-19(24)21(18)25-16(20)2/h5-11,14H,1-4H3,(H,26,27). The predicted octanol–water partition coefficient (Wildman–Crippen LogP) is 5.01. The van der Waals surface area contributed by atoms with Crippen LogP contribution in [-0.2, 0) is 4.79 Å². The number of amides is 1. The monoisotopic (exact) mass is 360 g/mol. The van der Waals surface area contributed by atoms with Gasteiger partial charge in [-0.3, -0.25) is 4.79 Å². The second kappa shape index (κ2) is 7.20. The summed E-state index contributed by atoms with van der Waals surface area (Å²) in [7, 11) is 0. The van der Waals surface area contributed by atoms with E-state index in [1.165, 1.54) is 6.07 Å². The second-order valence-corrected chi connectivity index (χ2v) is 7.08. The van der Waals surface area contributed by atoms with Crippen LogP contribution in [0.3, 0.4) is 0 Å². The predicted molar refractivity (Wildman–Crippen MR) is 107 cm³/mol. The fraction of sp³-hybridized carbons (Fsp3) is 0.217. The minimum atomic E-state index is -0.897. The van der Waals surface area contributed by atoms with E-state index in [4.69, 9.17) is 0 Å². The summed E-state index contributed by atoms with van der Waals surface area (Å²) in [5.41, 5.74) is 2.49. The van der Waals surface area contributed by atoms with Crippen molar-refractivity contribution in [2.45, 2.75) is 27.7 Å². The number of rotatable bonds is 2. The molecule has 0 unspecified atom stereocenters. The minimum absolute atomic E-state index is 0.232. The first kappa shape index (κ1) is 18.6. The Labute approximate surface area is 158 Å². The molecule has 2 aromatic carbocycles. The van der Waals surface area contributed by atoms with Crippen molar-refractivity contribution >= 4 is 22.5 Å². The summed E-state index contributed by atoms with van der Waals surface area (Å²) in [6.45, 7) is 7.28. The Balaban J connectivity index is 1.87. The average Bonchev–Trinajstić information content (AvgIpc) is 2.62. The van der Waals surface area contributed by atoms with Crippen molar-refractivity contribution in [1.29, 1.82) is 0 Å². The molecule has 0 saturated heterocycles. The smallest absolute Gasteiger partial charge is 0.242 e. The van der Waals surface area contributed by atoms with Gasteiger partial charge in [-0.15, -0.1) is 0 Å². The summed E-state index contributed by atoms with van der Waals surface area (Å²) in [5.74, 6) is 5.55. The quantitative estimate of drug-likeness (QED) is 0.653. The van der Waals surface area contributed by atoms with Crippen LogP contribution in [-0.4, -0.2) is 10.9 Å². The maximum Gasteiger partial charge on any atom is 0.242 e. The lowest BCUT2D eigenvalue weighted by molar-refractivity contribution is -0.121. The Kier molecular flexibility index (Phi) is 4.96. The van der Waals surface area contributed by atoms with Crippen molar-refractivity contribution < 1.29 is 9.18 Å². The zero-order valence-corrected chi connectivity index (χ0v) is 15.9. The van der Waals surface area contributed by atoms with Gasteiger partial charge >= 0.3 is 0 Å². The fourth-order valence-corrected chi connectivity index (χ4v) is 2.65. The van der Waals surface area contributed by atoms with Gasteiger partial charge in [-0.2, -0.15) is 0 Å². The molecule has 0 fully saturated rings. The molecule has 0 aliphatic rings. The van der Waals surface area contributed by atoms with E-state index in [1.807, 2.05) is 31.2 Å². The third-order valence-corrected chi connectivity index (χ3v) is 4.46. The first-order valence-corrected chi connectivity index (χ1v) is 8.74. The summed E-state index contributed by atoms with van der Waals surface area (Å²) in [4.78, 5) is 17.1. The Morgan fingerprint density at radius 2 is 1.85 bits per heavy atom. The lowest BCUT2D eigenvalue weighted by Gasteiger charge is -2.18. The van der Waals surface area contributed by atoms with E-state index in [9.17, 15) is 9.18 Å². The summed E-state index contributed by atoms with van der Waals surface area (Å²) >= 11 is 0. The van der Waals surface area contributed by atoms with Crippen molar-refractivity contribution in [3.05, 3.63) is 71.2 Å². The number of aryl methyl sites for hydroxylation is 2. The normalized spacial score (nSPS) is 11.0. The van der Waals surface area contributed by atoms with Gasteiger partial charge in [0, 0.05) is 10.9 Å². The zero-order chi connectivity index (χ0) is 19.6. The van der Waals surface area contributed by atoms with Crippen molar-refractivity contribution in [1.82, 2.24) is 4.98 Å². The van der Waals surface area contributed by atoms with Crippen LogP contribution >= 0.6 is 0 Å². The molecule has 0 bridgehead atoms. The molecule has 1 heterocycles. The lowest BCUT2D eigenvalue weighted by Crippen LogP contribution is -2.29. The topological polar surface area (TPSA) is 42.0 Å². The number of fused-ring (bicyclic) bond motifs is 1. The number of aromatic nitrogens is 1. The molecule has 0 atom stereocenters. The molecule has 0 spiro atoms. The van der Waals surface area contributed by atoms with Crippen LogP contribution in [0.2, 0.25) is 0 Å². The van der Waals surface area contributed by atoms with Gasteiger partial charge in [-0.25, -0.2) is 9.37 Å². The van der Waals surface area contributed by atoms with Crippen molar-refractivity contribution in [2.75, 3.05) is 5.32 Å². The highest BCUT2D eigenvalue weighted by Gasteiger charge is 2.26. The number of nitrogens with one attached hydrogen (secondary N) is 1. The van der Waals surface area contributed by atoms with Gasteiger partial charge in [0.1, 0.15) is 16.7 Å². The molecule has 0 aliphatic carbocycles. The highest BCUT2D eigenvalue weighted by molar-refractivity contribution is 5.99. The van der Waals surface area contributed by atoms with Gasteiger partial charge < -0.3 is 5.32 Å². The number of pyridine rings is 1. The average molecular weight is 360 g/mol. The van der Waals surface area contributed by atoms with E-state index in [1.54, 1.807) is 39.0 Å². The highest BCUT2D eigenvalue weighted by atomic mass is 19.1. The van der Waals surface area contributed by atoms with E-state index in [0.717, 1.165) is 11.1 Å². The van der Waals surface area contributed by atoms with E-state index in [0.29, 0.717) is 22.3 Å². The van der Waals surface area contributed by atoms with E-state index in [2.05, 4.69) is 22.1 Å². The molecular weight excluding hydrogens is 339 g/mol. The number of benzene rings is 2. The molecule has 27 heavy (non-hydrogen) atoms. The van der Waals surface area contributed by atoms with Crippen LogP contribution in [0.5, 0.6) is 0 Å². The van der Waals surface area contributed by atoms with Crippen LogP contribution in [0, 0.1) is 36.9 Å². The first-order valence-electron chi connectivity index (χ1n) is 8.74. The van der Waals surface area contributed by atoms with Gasteiger partial charge in [0.25, 0.3) is 0 Å². The summed E-state index contributed by atoms with van der Waals surface area (Å²) < 4.78 is 13.9. The minimum Gasteiger partial charge on any atom is -0.323 e. The van der Waals surface area contributed by atoms with Gasteiger partial charge in [0.15, 0.2) is 0 Å².